The molecule has 0 rings (SSSR count). The largest absolute Gasteiger partial charge is 0.395 e. The molecule has 0 fully saturated rings. The smallest absolute Gasteiger partial charge is 0.220 e. The van der Waals surface area contributed by atoms with Crippen LogP contribution in [0.5, 0.6) is 0 Å². The molecule has 0 aromatic carbocycles. The topological polar surface area (TPSA) is 66.4 Å². The molecule has 0 aliphatic carbocycles. The fourth-order valence-electron chi connectivity index (χ4n) is 0.782. The summed E-state index contributed by atoms with van der Waals surface area (Å²) >= 11 is 0. The van der Waals surface area contributed by atoms with E-state index in [0.717, 1.165) is 0 Å². The van der Waals surface area contributed by atoms with Crippen LogP contribution in [0.3, 0.4) is 0 Å². The second-order valence-corrected chi connectivity index (χ2v) is 2.63. The summed E-state index contributed by atoms with van der Waals surface area (Å²) in [5, 5.41) is 10.9. The third-order valence-corrected chi connectivity index (χ3v) is 1.37. The monoisotopic (exact) mass is 173 g/mol. The van der Waals surface area contributed by atoms with Crippen LogP contribution in [-0.4, -0.2) is 29.9 Å². The van der Waals surface area contributed by atoms with E-state index in [9.17, 15) is 9.59 Å². The second kappa shape index (κ2) is 6.79. The van der Waals surface area contributed by atoms with Gasteiger partial charge in [-0.25, -0.2) is 0 Å². The van der Waals surface area contributed by atoms with Crippen LogP contribution in [0.2, 0.25) is 0 Å². The molecule has 0 heterocycles. The summed E-state index contributed by atoms with van der Waals surface area (Å²) in [7, 11) is 0. The molecule has 70 valence electrons. The number of carbonyl (C=O) groups is 2. The van der Waals surface area contributed by atoms with Gasteiger partial charge in [0.05, 0.1) is 6.61 Å². The molecule has 0 aromatic rings. The standard InChI is InChI=1S/C8H15NO3/c1-7(11)3-2-4-8(12)9-5-6-10/h10H,2-6H2,1H3,(H,9,12). The Bertz CT molecular complexity index is 156. The number of Topliss-reactive ketones (excluding diaryl/α,β-unsaturated/α-hetero) is 1. The van der Waals surface area contributed by atoms with E-state index >= 15 is 0 Å². The zero-order valence-corrected chi connectivity index (χ0v) is 7.30. The van der Waals surface area contributed by atoms with Crippen LogP contribution in [0.1, 0.15) is 26.2 Å². The van der Waals surface area contributed by atoms with Crippen LogP contribution >= 0.6 is 0 Å². The van der Waals surface area contributed by atoms with Crippen molar-refractivity contribution in [2.24, 2.45) is 0 Å². The maximum atomic E-state index is 10.8. The molecule has 4 nitrogen and oxygen atoms in total. The number of aliphatic hydroxyl groups excluding tert-OH is 1. The van der Waals surface area contributed by atoms with Gasteiger partial charge >= 0.3 is 0 Å². The first-order valence-electron chi connectivity index (χ1n) is 4.04. The Hall–Kier alpha value is -0.900. The van der Waals surface area contributed by atoms with Crippen LogP contribution in [0.25, 0.3) is 0 Å². The molecule has 0 radical (unpaired) electrons. The molecule has 0 aliphatic heterocycles. The first-order chi connectivity index (χ1) is 5.66. The molecule has 0 unspecified atom stereocenters. The molecule has 0 saturated carbocycles. The van der Waals surface area contributed by atoms with Crippen molar-refractivity contribution in [3.63, 3.8) is 0 Å². The van der Waals surface area contributed by atoms with E-state index in [1.807, 2.05) is 0 Å². The SMILES string of the molecule is CC(=O)CCCC(=O)NCCO. The van der Waals surface area contributed by atoms with Gasteiger partial charge in [-0.3, -0.25) is 4.79 Å². The summed E-state index contributed by atoms with van der Waals surface area (Å²) < 4.78 is 0. The fourth-order valence-corrected chi connectivity index (χ4v) is 0.782. The molecule has 0 aliphatic rings. The zero-order valence-electron chi connectivity index (χ0n) is 7.30. The van der Waals surface area contributed by atoms with Crippen molar-refractivity contribution in [3.05, 3.63) is 0 Å². The third-order valence-electron chi connectivity index (χ3n) is 1.37. The lowest BCUT2D eigenvalue weighted by molar-refractivity contribution is -0.121. The summed E-state index contributed by atoms with van der Waals surface area (Å²) in [6.07, 6.45) is 1.40. The average molecular weight is 173 g/mol. The number of nitrogens with one attached hydrogen (secondary N) is 1. The van der Waals surface area contributed by atoms with Gasteiger partial charge in [0.1, 0.15) is 5.78 Å². The summed E-state index contributed by atoms with van der Waals surface area (Å²) in [6.45, 7) is 1.75. The van der Waals surface area contributed by atoms with Crippen LogP contribution in [0, 0.1) is 0 Å². The maximum Gasteiger partial charge on any atom is 0.220 e. The summed E-state index contributed by atoms with van der Waals surface area (Å²) in [5.74, 6) is -0.00439. The van der Waals surface area contributed by atoms with Crippen LogP contribution in [-0.2, 0) is 9.59 Å². The molecule has 2 N–H and O–H groups in total. The number of hydrogen-bond donors (Lipinski definition) is 2. The minimum absolute atomic E-state index is 0.0432. The van der Waals surface area contributed by atoms with Gasteiger partial charge in [0, 0.05) is 19.4 Å². The van der Waals surface area contributed by atoms with Gasteiger partial charge in [-0.2, -0.15) is 0 Å². The Morgan fingerprint density at radius 1 is 1.33 bits per heavy atom. The number of hydrogen-bond acceptors (Lipinski definition) is 3. The Kier molecular flexibility index (Phi) is 6.28. The normalized spacial score (nSPS) is 9.50. The molecule has 0 spiro atoms. The van der Waals surface area contributed by atoms with Gasteiger partial charge in [0.25, 0.3) is 0 Å². The van der Waals surface area contributed by atoms with Gasteiger partial charge in [0.2, 0.25) is 5.91 Å². The zero-order chi connectivity index (χ0) is 9.40. The molecule has 4 heteroatoms. The molecular weight excluding hydrogens is 158 g/mol. The van der Waals surface area contributed by atoms with E-state index in [-0.39, 0.29) is 18.3 Å². The summed E-state index contributed by atoms with van der Waals surface area (Å²) in [4.78, 5) is 21.3. The lowest BCUT2D eigenvalue weighted by Gasteiger charge is -2.01. The molecule has 0 atom stereocenters. The van der Waals surface area contributed by atoms with Gasteiger partial charge in [0.15, 0.2) is 0 Å². The number of aliphatic hydroxyl groups is 1. The van der Waals surface area contributed by atoms with Crippen molar-refractivity contribution in [1.82, 2.24) is 5.32 Å². The van der Waals surface area contributed by atoms with Gasteiger partial charge in [-0.15, -0.1) is 0 Å². The van der Waals surface area contributed by atoms with E-state index < -0.39 is 0 Å². The Balaban J connectivity index is 3.25. The first-order valence-corrected chi connectivity index (χ1v) is 4.04. The van der Waals surface area contributed by atoms with E-state index in [2.05, 4.69) is 5.32 Å². The van der Waals surface area contributed by atoms with Crippen molar-refractivity contribution in [3.8, 4) is 0 Å². The number of ketones is 1. The van der Waals surface area contributed by atoms with E-state index in [4.69, 9.17) is 5.11 Å². The Labute approximate surface area is 72.0 Å². The molecular formula is C8H15NO3. The van der Waals surface area contributed by atoms with Gasteiger partial charge in [-0.05, 0) is 13.3 Å². The van der Waals surface area contributed by atoms with Crippen molar-refractivity contribution < 1.29 is 14.7 Å². The maximum absolute atomic E-state index is 10.8. The van der Waals surface area contributed by atoms with Crippen molar-refractivity contribution in [2.45, 2.75) is 26.2 Å². The number of carbonyl (C=O) groups excluding carboxylic acids is 2. The quantitative estimate of drug-likeness (QED) is 0.587. The van der Waals surface area contributed by atoms with Crippen LogP contribution < -0.4 is 5.32 Å². The predicted octanol–water partition coefficient (Wildman–Crippen LogP) is -0.146. The molecule has 1 amide bonds. The Morgan fingerprint density at radius 3 is 2.50 bits per heavy atom. The van der Waals surface area contributed by atoms with Crippen molar-refractivity contribution in [2.75, 3.05) is 13.2 Å². The van der Waals surface area contributed by atoms with E-state index in [0.29, 0.717) is 25.8 Å². The van der Waals surface area contributed by atoms with E-state index in [1.54, 1.807) is 0 Å². The highest BCUT2D eigenvalue weighted by molar-refractivity contribution is 5.78. The number of amides is 1. The fraction of sp³-hybridized carbons (Fsp3) is 0.750. The Morgan fingerprint density at radius 2 is 2.00 bits per heavy atom. The van der Waals surface area contributed by atoms with Crippen LogP contribution in [0.4, 0.5) is 0 Å². The van der Waals surface area contributed by atoms with Crippen molar-refractivity contribution in [1.29, 1.82) is 0 Å². The average Bonchev–Trinajstić information content (AvgIpc) is 2.00. The first kappa shape index (κ1) is 11.1. The molecule has 0 saturated heterocycles. The minimum atomic E-state index is -0.106. The lowest BCUT2D eigenvalue weighted by atomic mass is 10.2. The highest BCUT2D eigenvalue weighted by Gasteiger charge is 2.00. The predicted molar refractivity (Wildman–Crippen MR) is 44.6 cm³/mol. The number of rotatable bonds is 6. The lowest BCUT2D eigenvalue weighted by Crippen LogP contribution is -2.26. The molecule has 0 bridgehead atoms. The highest BCUT2D eigenvalue weighted by Crippen LogP contribution is 1.95. The van der Waals surface area contributed by atoms with Gasteiger partial charge < -0.3 is 15.2 Å². The molecule has 12 heavy (non-hydrogen) atoms. The van der Waals surface area contributed by atoms with E-state index in [1.165, 1.54) is 6.92 Å². The minimum Gasteiger partial charge on any atom is -0.395 e. The highest BCUT2D eigenvalue weighted by atomic mass is 16.3. The summed E-state index contributed by atoms with van der Waals surface area (Å²) in [6, 6.07) is 0. The summed E-state index contributed by atoms with van der Waals surface area (Å²) in [5.41, 5.74) is 0. The van der Waals surface area contributed by atoms with Crippen LogP contribution in [0.15, 0.2) is 0 Å². The molecule has 0 aromatic heterocycles. The van der Waals surface area contributed by atoms with Crippen molar-refractivity contribution >= 4 is 11.7 Å². The third kappa shape index (κ3) is 7.21. The van der Waals surface area contributed by atoms with Gasteiger partial charge in [-0.1, -0.05) is 0 Å². The second-order valence-electron chi connectivity index (χ2n) is 2.63.